The summed E-state index contributed by atoms with van der Waals surface area (Å²) in [5.41, 5.74) is -1.75. The van der Waals surface area contributed by atoms with Crippen molar-refractivity contribution in [2.45, 2.75) is 82.9 Å². The number of rotatable bonds is 5. The Balaban J connectivity index is 2.35. The zero-order valence-electron chi connectivity index (χ0n) is 19.6. The van der Waals surface area contributed by atoms with Crippen LogP contribution in [0.5, 0.6) is 0 Å². The van der Waals surface area contributed by atoms with Crippen LogP contribution in [0.1, 0.15) is 54.4 Å². The van der Waals surface area contributed by atoms with Crippen LogP contribution in [0.4, 0.5) is 4.79 Å². The molecule has 1 heterocycles. The molecule has 1 amide bonds. The van der Waals surface area contributed by atoms with Gasteiger partial charge in [0.25, 0.3) is 0 Å². The van der Waals surface area contributed by atoms with E-state index in [9.17, 15) is 23.1 Å². The van der Waals surface area contributed by atoms with Crippen LogP contribution in [0.3, 0.4) is 0 Å². The molecule has 10 nitrogen and oxygen atoms in total. The number of nitrogens with zero attached hydrogens (tertiary/aromatic N) is 2. The number of hydroxylamine groups is 1. The topological polar surface area (TPSA) is 123 Å². The number of hydrogen-bond acceptors (Lipinski definition) is 9. The fourth-order valence-corrected chi connectivity index (χ4v) is 5.11. The van der Waals surface area contributed by atoms with Gasteiger partial charge in [0.15, 0.2) is 0 Å². The van der Waals surface area contributed by atoms with Gasteiger partial charge < -0.3 is 19.4 Å². The van der Waals surface area contributed by atoms with Crippen molar-refractivity contribution in [3.05, 3.63) is 28.7 Å². The summed E-state index contributed by atoms with van der Waals surface area (Å²) in [6.07, 6.45) is -1.98. The Morgan fingerprint density at radius 1 is 1.15 bits per heavy atom. The molecule has 0 bridgehead atoms. The number of ether oxygens (including phenoxy) is 2. The van der Waals surface area contributed by atoms with E-state index in [0.717, 1.165) is 0 Å². The second-order valence-corrected chi connectivity index (χ2v) is 12.1. The summed E-state index contributed by atoms with van der Waals surface area (Å²) in [6, 6.07) is 4.77. The van der Waals surface area contributed by atoms with Crippen molar-refractivity contribution in [3.8, 4) is 0 Å². The van der Waals surface area contributed by atoms with Gasteiger partial charge in [-0.05, 0) is 86.9 Å². The molecule has 1 fully saturated rings. The maximum absolute atomic E-state index is 13.3. The molecule has 1 saturated heterocycles. The first-order valence-corrected chi connectivity index (χ1v) is 12.6. The molecule has 2 rings (SSSR count). The third-order valence-corrected chi connectivity index (χ3v) is 6.88. The average Bonchev–Trinajstić information content (AvgIpc) is 3.13. The molecule has 1 aromatic rings. The summed E-state index contributed by atoms with van der Waals surface area (Å²) in [5.74, 6) is -1.04. The van der Waals surface area contributed by atoms with Gasteiger partial charge in [0, 0.05) is 11.0 Å². The van der Waals surface area contributed by atoms with Crippen LogP contribution in [0.25, 0.3) is 0 Å². The van der Waals surface area contributed by atoms with E-state index in [0.29, 0.717) is 13.0 Å². The number of hydrogen-bond donors (Lipinski definition) is 1. The van der Waals surface area contributed by atoms with Gasteiger partial charge in [-0.1, -0.05) is 12.1 Å². The SMILES string of the molecule is CC(C)(C)OC(=O)N(OC(=O)[C@@H]1CCCN1C(O)OC(C)(C)C)S(=O)(=O)c1ccccc1Br. The van der Waals surface area contributed by atoms with E-state index >= 15 is 0 Å². The first kappa shape index (κ1) is 27.5. The molecule has 1 aliphatic heterocycles. The zero-order valence-corrected chi connectivity index (χ0v) is 22.0. The van der Waals surface area contributed by atoms with Crippen LogP contribution < -0.4 is 0 Å². The lowest BCUT2D eigenvalue weighted by Crippen LogP contribution is -2.50. The highest BCUT2D eigenvalue weighted by Gasteiger charge is 2.43. The Hall–Kier alpha value is -1.73. The number of aliphatic hydroxyl groups is 1. The Morgan fingerprint density at radius 3 is 2.30 bits per heavy atom. The monoisotopic (exact) mass is 550 g/mol. The van der Waals surface area contributed by atoms with Crippen LogP contribution in [0.2, 0.25) is 0 Å². The molecule has 0 saturated carbocycles. The maximum atomic E-state index is 13.3. The van der Waals surface area contributed by atoms with Gasteiger partial charge in [0.2, 0.25) is 6.41 Å². The van der Waals surface area contributed by atoms with Crippen LogP contribution in [-0.4, -0.2) is 65.2 Å². The molecule has 1 N–H and O–H groups in total. The lowest BCUT2D eigenvalue weighted by Gasteiger charge is -2.33. The molecule has 0 radical (unpaired) electrons. The fraction of sp³-hybridized carbons (Fsp3) is 0.619. The van der Waals surface area contributed by atoms with E-state index < -0.39 is 45.7 Å². The lowest BCUT2D eigenvalue weighted by molar-refractivity contribution is -0.246. The van der Waals surface area contributed by atoms with Gasteiger partial charge in [-0.15, -0.1) is 0 Å². The van der Waals surface area contributed by atoms with E-state index in [4.69, 9.17) is 14.3 Å². The molecule has 1 aromatic carbocycles. The summed E-state index contributed by atoms with van der Waals surface area (Å²) in [6.45, 7) is 10.2. The molecular weight excluding hydrogens is 520 g/mol. The number of aliphatic hydroxyl groups excluding tert-OH is 1. The second-order valence-electron chi connectivity index (χ2n) is 9.51. The first-order valence-electron chi connectivity index (χ1n) is 10.4. The van der Waals surface area contributed by atoms with Crippen LogP contribution >= 0.6 is 15.9 Å². The Kier molecular flexibility index (Phi) is 8.56. The smallest absolute Gasteiger partial charge is 0.441 e. The second kappa shape index (κ2) is 10.3. The largest absolute Gasteiger partial charge is 0.459 e. The molecule has 12 heteroatoms. The van der Waals surface area contributed by atoms with Gasteiger partial charge in [-0.2, -0.15) is 8.42 Å². The van der Waals surface area contributed by atoms with Crippen molar-refractivity contribution in [3.63, 3.8) is 0 Å². The van der Waals surface area contributed by atoms with E-state index in [1.165, 1.54) is 23.1 Å². The predicted octanol–water partition coefficient (Wildman–Crippen LogP) is 3.39. The summed E-state index contributed by atoms with van der Waals surface area (Å²) in [5, 5.41) is 10.4. The molecular formula is C21H31BrN2O8S. The number of carbonyl (C=O) groups is 2. The highest BCUT2D eigenvalue weighted by atomic mass is 79.9. The van der Waals surface area contributed by atoms with Crippen molar-refractivity contribution < 1.29 is 37.4 Å². The molecule has 2 atom stereocenters. The summed E-state index contributed by atoms with van der Waals surface area (Å²) in [4.78, 5) is 32.0. The summed E-state index contributed by atoms with van der Waals surface area (Å²) in [7, 11) is -4.64. The molecule has 0 aromatic heterocycles. The van der Waals surface area contributed by atoms with Gasteiger partial charge in [-0.3, -0.25) is 0 Å². The highest BCUT2D eigenvalue weighted by molar-refractivity contribution is 9.10. The van der Waals surface area contributed by atoms with Crippen molar-refractivity contribution in [1.29, 1.82) is 0 Å². The van der Waals surface area contributed by atoms with Gasteiger partial charge in [0.1, 0.15) is 16.5 Å². The van der Waals surface area contributed by atoms with E-state index in [1.807, 2.05) is 0 Å². The maximum Gasteiger partial charge on any atom is 0.459 e. The molecule has 0 aliphatic carbocycles. The lowest BCUT2D eigenvalue weighted by atomic mass is 10.2. The first-order chi connectivity index (χ1) is 15.0. The van der Waals surface area contributed by atoms with Crippen LogP contribution in [0, 0.1) is 0 Å². The Morgan fingerprint density at radius 2 is 1.76 bits per heavy atom. The van der Waals surface area contributed by atoms with Crippen LogP contribution in [-0.2, 0) is 29.1 Å². The van der Waals surface area contributed by atoms with Crippen LogP contribution in [0.15, 0.2) is 33.6 Å². The normalized spacial score (nSPS) is 18.6. The number of likely N-dealkylation sites (tertiary alicyclic amines) is 1. The van der Waals surface area contributed by atoms with Crippen molar-refractivity contribution in [1.82, 2.24) is 9.37 Å². The Bertz CT molecular complexity index is 971. The number of halogens is 1. The van der Waals surface area contributed by atoms with Crippen molar-refractivity contribution in [2.75, 3.05) is 6.54 Å². The van der Waals surface area contributed by atoms with E-state index in [-0.39, 0.29) is 20.3 Å². The molecule has 186 valence electrons. The summed E-state index contributed by atoms with van der Waals surface area (Å²) >= 11 is 3.14. The minimum Gasteiger partial charge on any atom is -0.441 e. The number of sulfonamides is 1. The average molecular weight is 551 g/mol. The summed E-state index contributed by atoms with van der Waals surface area (Å²) < 4.78 is 37.3. The fourth-order valence-electron chi connectivity index (χ4n) is 3.06. The van der Waals surface area contributed by atoms with Gasteiger partial charge in [-0.25, -0.2) is 14.5 Å². The number of amides is 1. The minimum atomic E-state index is -4.64. The van der Waals surface area contributed by atoms with E-state index in [2.05, 4.69) is 15.9 Å². The van der Waals surface area contributed by atoms with Gasteiger partial charge in [0.05, 0.1) is 5.60 Å². The number of benzene rings is 1. The minimum absolute atomic E-state index is 0.0474. The highest BCUT2D eigenvalue weighted by Crippen LogP contribution is 2.28. The third kappa shape index (κ3) is 7.38. The molecule has 1 unspecified atom stereocenters. The molecule has 0 spiro atoms. The van der Waals surface area contributed by atoms with E-state index in [1.54, 1.807) is 47.6 Å². The Labute approximate surface area is 202 Å². The van der Waals surface area contributed by atoms with Crippen molar-refractivity contribution in [2.24, 2.45) is 0 Å². The quantitative estimate of drug-likeness (QED) is 0.433. The number of carbonyl (C=O) groups excluding carboxylic acids is 2. The standard InChI is InChI=1S/C21H31BrN2O8S/c1-20(2,3)30-18(26)23-13-9-11-15(23)17(25)32-24(19(27)31-21(4,5)6)33(28,29)16-12-8-7-10-14(16)22/h7-8,10,12,15,18,26H,9,11,13H2,1-6H3/t15-,18?/m0/s1. The zero-order chi connectivity index (χ0) is 25.2. The molecule has 33 heavy (non-hydrogen) atoms. The van der Waals surface area contributed by atoms with Crippen molar-refractivity contribution >= 4 is 38.0 Å². The predicted molar refractivity (Wildman–Crippen MR) is 122 cm³/mol. The molecule has 1 aliphatic rings. The third-order valence-electron chi connectivity index (χ3n) is 4.36. The van der Waals surface area contributed by atoms with Gasteiger partial charge >= 0.3 is 22.1 Å².